The largest absolute Gasteiger partial charge is 0.483 e. The molecule has 1 atom stereocenters. The Kier molecular flexibility index (Phi) is 2.94. The van der Waals surface area contributed by atoms with Crippen molar-refractivity contribution in [2.45, 2.75) is 31.8 Å². The number of ether oxygens (including phenoxy) is 1. The van der Waals surface area contributed by atoms with E-state index in [1.807, 2.05) is 12.1 Å². The Morgan fingerprint density at radius 2 is 2.33 bits per heavy atom. The summed E-state index contributed by atoms with van der Waals surface area (Å²) in [6.45, 7) is 3.78. The highest BCUT2D eigenvalue weighted by atomic mass is 79.9. The molecule has 4 heteroatoms. The van der Waals surface area contributed by atoms with Crippen molar-refractivity contribution in [2.75, 3.05) is 13.1 Å². The lowest BCUT2D eigenvalue weighted by atomic mass is 9.88. The Bertz CT molecular complexity index is 507. The van der Waals surface area contributed by atoms with Crippen molar-refractivity contribution in [1.82, 2.24) is 5.32 Å². The summed E-state index contributed by atoms with van der Waals surface area (Å²) < 4.78 is 7.05. The summed E-state index contributed by atoms with van der Waals surface area (Å²) in [6.07, 6.45) is 2.32. The quantitative estimate of drug-likeness (QED) is 0.867. The van der Waals surface area contributed by atoms with Gasteiger partial charge in [-0.1, -0.05) is 6.92 Å². The minimum atomic E-state index is -0.319. The number of halogens is 1. The molecule has 2 aliphatic heterocycles. The number of ketones is 1. The van der Waals surface area contributed by atoms with E-state index in [0.29, 0.717) is 6.42 Å². The molecule has 1 N–H and O–H groups in total. The molecule has 1 fully saturated rings. The Morgan fingerprint density at radius 3 is 3.00 bits per heavy atom. The van der Waals surface area contributed by atoms with Crippen molar-refractivity contribution in [3.8, 4) is 5.75 Å². The maximum Gasteiger partial charge on any atom is 0.170 e. The Morgan fingerprint density at radius 1 is 1.50 bits per heavy atom. The molecular weight excluding hydrogens is 294 g/mol. The first kappa shape index (κ1) is 12.2. The molecule has 1 aromatic carbocycles. The van der Waals surface area contributed by atoms with E-state index < -0.39 is 0 Å². The second kappa shape index (κ2) is 4.35. The van der Waals surface area contributed by atoms with Gasteiger partial charge in [0.25, 0.3) is 0 Å². The minimum absolute atomic E-state index is 0.205. The van der Waals surface area contributed by atoms with E-state index in [-0.39, 0.29) is 11.4 Å². The number of nitrogens with one attached hydrogen (secondary N) is 1. The molecular formula is C14H16BrNO2. The zero-order chi connectivity index (χ0) is 12.8. The average molecular weight is 310 g/mol. The van der Waals surface area contributed by atoms with Crippen molar-refractivity contribution in [3.63, 3.8) is 0 Å². The highest BCUT2D eigenvalue weighted by molar-refractivity contribution is 9.10. The molecule has 0 saturated carbocycles. The predicted octanol–water partition coefficient (Wildman–Crippen LogP) is 2.71. The van der Waals surface area contributed by atoms with Crippen molar-refractivity contribution in [3.05, 3.63) is 27.7 Å². The fourth-order valence-corrected chi connectivity index (χ4v) is 3.35. The van der Waals surface area contributed by atoms with Gasteiger partial charge in [-0.2, -0.15) is 0 Å². The fourth-order valence-electron chi connectivity index (χ4n) is 2.76. The Balaban J connectivity index is 2.06. The number of rotatable bonds is 1. The second-order valence-electron chi connectivity index (χ2n) is 5.12. The van der Waals surface area contributed by atoms with Crippen LogP contribution in [-0.2, 0) is 6.42 Å². The molecule has 3 rings (SSSR count). The minimum Gasteiger partial charge on any atom is -0.483 e. The van der Waals surface area contributed by atoms with Crippen molar-refractivity contribution < 1.29 is 9.53 Å². The third-order valence-electron chi connectivity index (χ3n) is 3.82. The molecule has 2 aliphatic rings. The van der Waals surface area contributed by atoms with Crippen LogP contribution in [0.5, 0.6) is 5.75 Å². The van der Waals surface area contributed by atoms with Gasteiger partial charge in [0, 0.05) is 13.0 Å². The molecule has 0 bridgehead atoms. The highest BCUT2D eigenvalue weighted by Gasteiger charge is 2.43. The first-order valence-corrected chi connectivity index (χ1v) is 7.18. The van der Waals surface area contributed by atoms with Crippen molar-refractivity contribution >= 4 is 21.7 Å². The summed E-state index contributed by atoms with van der Waals surface area (Å²) in [6, 6.07) is 4.02. The van der Waals surface area contributed by atoms with Gasteiger partial charge in [-0.05, 0) is 46.6 Å². The molecule has 1 saturated heterocycles. The summed E-state index contributed by atoms with van der Waals surface area (Å²) >= 11 is 3.53. The first-order valence-electron chi connectivity index (χ1n) is 6.39. The monoisotopic (exact) mass is 309 g/mol. The van der Waals surface area contributed by atoms with E-state index in [4.69, 9.17) is 4.74 Å². The standard InChI is InChI=1S/C14H16BrNO2/c1-2-9-5-10-12(17)7-14(3-4-16-8-14)18-13(10)11(15)6-9/h5-6,16H,2-4,7-8H2,1H3. The zero-order valence-corrected chi connectivity index (χ0v) is 12.0. The van der Waals surface area contributed by atoms with Crippen molar-refractivity contribution in [2.24, 2.45) is 0 Å². The van der Waals surface area contributed by atoms with Crippen molar-refractivity contribution in [1.29, 1.82) is 0 Å². The molecule has 1 unspecified atom stereocenters. The van der Waals surface area contributed by atoms with Gasteiger partial charge in [0.1, 0.15) is 11.4 Å². The molecule has 3 nitrogen and oxygen atoms in total. The number of hydrogen-bond donors (Lipinski definition) is 1. The number of carbonyl (C=O) groups is 1. The maximum atomic E-state index is 12.3. The van der Waals surface area contributed by atoms with Crippen LogP contribution in [0.25, 0.3) is 0 Å². The predicted molar refractivity (Wildman–Crippen MR) is 73.3 cm³/mol. The highest BCUT2D eigenvalue weighted by Crippen LogP contribution is 2.41. The second-order valence-corrected chi connectivity index (χ2v) is 5.97. The maximum absolute atomic E-state index is 12.3. The number of Topliss-reactive ketones (excluding diaryl/α,β-unsaturated/α-hetero) is 1. The normalized spacial score (nSPS) is 26.2. The molecule has 96 valence electrons. The van der Waals surface area contributed by atoms with Crippen LogP contribution in [0, 0.1) is 0 Å². The SMILES string of the molecule is CCc1cc(Br)c2c(c1)C(=O)CC1(CCNC1)O2. The molecule has 0 amide bonds. The van der Waals surface area contributed by atoms with Crippen LogP contribution in [0.1, 0.15) is 35.7 Å². The molecule has 1 aromatic rings. The van der Waals surface area contributed by atoms with E-state index in [2.05, 4.69) is 28.2 Å². The van der Waals surface area contributed by atoms with Gasteiger partial charge in [-0.3, -0.25) is 4.79 Å². The van der Waals surface area contributed by atoms with Crippen LogP contribution in [-0.4, -0.2) is 24.5 Å². The molecule has 0 aliphatic carbocycles. The summed E-state index contributed by atoms with van der Waals surface area (Å²) in [7, 11) is 0. The number of carbonyl (C=O) groups excluding carboxylic acids is 1. The molecule has 0 aromatic heterocycles. The molecule has 2 heterocycles. The van der Waals surface area contributed by atoms with Gasteiger partial charge in [0.2, 0.25) is 0 Å². The van der Waals surface area contributed by atoms with Crippen LogP contribution < -0.4 is 10.1 Å². The summed E-state index contributed by atoms with van der Waals surface area (Å²) in [5.74, 6) is 0.933. The van der Waals surface area contributed by atoms with Gasteiger partial charge in [-0.15, -0.1) is 0 Å². The van der Waals surface area contributed by atoms with E-state index in [0.717, 1.165) is 47.3 Å². The number of benzene rings is 1. The summed E-state index contributed by atoms with van der Waals surface area (Å²) in [5.41, 5.74) is 1.58. The van der Waals surface area contributed by atoms with Gasteiger partial charge in [0.15, 0.2) is 5.78 Å². The topological polar surface area (TPSA) is 38.3 Å². The molecule has 18 heavy (non-hydrogen) atoms. The Hall–Kier alpha value is -0.870. The summed E-state index contributed by atoms with van der Waals surface area (Å²) in [4.78, 5) is 12.3. The lowest BCUT2D eigenvalue weighted by Crippen LogP contribution is -2.44. The van der Waals surface area contributed by atoms with Gasteiger partial charge < -0.3 is 10.1 Å². The lowest BCUT2D eigenvalue weighted by Gasteiger charge is -2.34. The lowest BCUT2D eigenvalue weighted by molar-refractivity contribution is 0.0522. The van der Waals surface area contributed by atoms with E-state index in [1.54, 1.807) is 0 Å². The summed E-state index contributed by atoms with van der Waals surface area (Å²) in [5, 5.41) is 3.28. The number of hydrogen-bond acceptors (Lipinski definition) is 3. The Labute approximate surface area is 115 Å². The zero-order valence-electron chi connectivity index (χ0n) is 10.4. The fraction of sp³-hybridized carbons (Fsp3) is 0.500. The average Bonchev–Trinajstić information content (AvgIpc) is 2.78. The third-order valence-corrected chi connectivity index (χ3v) is 4.41. The van der Waals surface area contributed by atoms with Gasteiger partial charge >= 0.3 is 0 Å². The van der Waals surface area contributed by atoms with Crippen LogP contribution >= 0.6 is 15.9 Å². The van der Waals surface area contributed by atoms with E-state index in [1.165, 1.54) is 0 Å². The van der Waals surface area contributed by atoms with E-state index in [9.17, 15) is 4.79 Å². The third kappa shape index (κ3) is 1.88. The number of aryl methyl sites for hydroxylation is 1. The van der Waals surface area contributed by atoms with Gasteiger partial charge in [-0.25, -0.2) is 0 Å². The van der Waals surface area contributed by atoms with Crippen LogP contribution in [0.4, 0.5) is 0 Å². The van der Waals surface area contributed by atoms with Crippen LogP contribution in [0.2, 0.25) is 0 Å². The molecule has 0 radical (unpaired) electrons. The van der Waals surface area contributed by atoms with Crippen LogP contribution in [0.15, 0.2) is 16.6 Å². The number of fused-ring (bicyclic) bond motifs is 1. The van der Waals surface area contributed by atoms with Crippen LogP contribution in [0.3, 0.4) is 0 Å². The van der Waals surface area contributed by atoms with Gasteiger partial charge in [0.05, 0.1) is 16.5 Å². The molecule has 1 spiro atoms. The van der Waals surface area contributed by atoms with E-state index >= 15 is 0 Å². The smallest absolute Gasteiger partial charge is 0.170 e. The first-order chi connectivity index (χ1) is 8.63.